The Balaban J connectivity index is 0.000000145. The summed E-state index contributed by atoms with van der Waals surface area (Å²) in [5.41, 5.74) is 1.97. The molecule has 8 aliphatic carbocycles. The van der Waals surface area contributed by atoms with Gasteiger partial charge in [-0.3, -0.25) is 43.1 Å². The van der Waals surface area contributed by atoms with Crippen LogP contribution in [-0.2, 0) is 89.8 Å². The fraction of sp³-hybridized carbons (Fsp3) is 0.670. The summed E-state index contributed by atoms with van der Waals surface area (Å²) in [6, 6.07) is 13.3. The number of allylic oxidation sites excluding steroid dienone is 1. The van der Waals surface area contributed by atoms with E-state index in [0.29, 0.717) is 141 Å². The van der Waals surface area contributed by atoms with Gasteiger partial charge in [-0.25, -0.2) is 56.7 Å². The number of ketones is 1. The first-order chi connectivity index (χ1) is 69.0. The summed E-state index contributed by atoms with van der Waals surface area (Å²) in [5, 5.41) is 9.35. The van der Waals surface area contributed by atoms with Gasteiger partial charge in [0.2, 0.25) is 57.7 Å². The first-order valence-electron chi connectivity index (χ1n) is 52.4. The quantitative estimate of drug-likeness (QED) is 0.0848. The number of carboxylic acids is 1. The Bertz CT molecular complexity index is 6100. The summed E-state index contributed by atoms with van der Waals surface area (Å²) >= 11 is 0. The number of ether oxygens (including phenoxy) is 10. The minimum atomic E-state index is -4.09. The van der Waals surface area contributed by atoms with Gasteiger partial charge in [0.15, 0.2) is 5.78 Å². The van der Waals surface area contributed by atoms with E-state index in [1.165, 1.54) is 21.8 Å². The molecule has 6 aromatic rings. The Labute approximate surface area is 845 Å². The van der Waals surface area contributed by atoms with Crippen LogP contribution in [-0.4, -0.2) is 232 Å². The summed E-state index contributed by atoms with van der Waals surface area (Å²) in [4.78, 5) is 170. The lowest BCUT2D eigenvalue weighted by molar-refractivity contribution is -0.160. The second kappa shape index (κ2) is 41.9. The van der Waals surface area contributed by atoms with Crippen LogP contribution in [0.25, 0.3) is 39.2 Å². The Morgan fingerprint density at radius 3 is 1.26 bits per heavy atom. The number of rotatable bonds is 12. The first kappa shape index (κ1) is 104. The van der Waals surface area contributed by atoms with Gasteiger partial charge in [0.25, 0.3) is 0 Å². The molecule has 3 saturated heterocycles. The van der Waals surface area contributed by atoms with E-state index >= 15 is 0 Å². The van der Waals surface area contributed by atoms with E-state index < -0.39 is 145 Å². The van der Waals surface area contributed by atoms with Crippen LogP contribution in [0, 0.1) is 98.6 Å². The zero-order chi connectivity index (χ0) is 103. The number of halogens is 2. The number of fused-ring (bicyclic) bond motifs is 21. The van der Waals surface area contributed by atoms with Crippen LogP contribution in [0.4, 0.5) is 8.78 Å². The van der Waals surface area contributed by atoms with Crippen LogP contribution >= 0.6 is 0 Å². The monoisotopic (exact) mass is 2030 g/mol. The highest BCUT2D eigenvalue weighted by Crippen LogP contribution is 2.62. The Morgan fingerprint density at radius 2 is 0.862 bits per heavy atom. The lowest BCUT2D eigenvalue weighted by Crippen LogP contribution is -2.49. The lowest BCUT2D eigenvalue weighted by Gasteiger charge is -2.35. The molecule has 33 nitrogen and oxygen atoms in total. The van der Waals surface area contributed by atoms with Crippen molar-refractivity contribution in [1.82, 2.24) is 49.3 Å². The number of hydrogen-bond acceptors (Lipinski definition) is 28. The largest absolute Gasteiger partial charge is 0.497 e. The standard InChI is InChI=1S/C42H54F2N4O9S.C34H43N3O7.C33H43N3O7/c1-41(2,3)28-18-35(50)57-36-22(14-23-15-27(23)36)8-6-5-7-9-31-38(46-32-16-24(55-4)10-13-30(32)45-31)56-25-17-33(48(21-25)39(28)51)34(49)20-42(19-29(42)37(43)44)40(52)47-58(53,54)26-11-12-26;1-34(2,3)24-17-29(38)44-30-19(13-20-14-23(20)30)9-7-6-8-10-26-31(36-27-15-21(41-4)11-12-25(27)35-26)43-22-16-28(33(40)42-5)37(18-22)32(24)39;1-33(2,3)23-16-28(37)43-29-18(12-19-13-22(19)29)8-6-5-7-9-25-30(35-26-14-20(41-4)10-11-24(26)34-25)42-21-15-27(32(39)40)36(17-21)31(23)38/h10,13,16,22-23,25-29,33,36-37H,5-9,11-12,14-15,17-21H2,1-4H3,(H,47,52);8,10-12,15,19-20,22-24,28,30H,6-7,9,13-14,16-18H2,1-5H3;10-11,14,18-19,21-23,27,29H,5-9,12-13,15-17H2,1-4H3,(H,39,40)/b;10-8+;/t22-,23+,25-,27-,28-,29+,33+,36+,42-;19-,20+,22-,23-,24-,28+,30+;18-,19+,21-,22-,23-,27+,29+/m111/s1. The maximum absolute atomic E-state index is 14.8. The van der Waals surface area contributed by atoms with Crippen molar-refractivity contribution in [3.63, 3.8) is 0 Å². The number of nitrogens with zero attached hydrogens (tertiary/aromatic N) is 9. The van der Waals surface area contributed by atoms with Crippen molar-refractivity contribution >= 4 is 108 Å². The number of aromatic nitrogens is 6. The molecule has 2 N–H and O–H groups in total. The normalized spacial score (nSPS) is 32.1. The van der Waals surface area contributed by atoms with E-state index in [1.807, 2.05) is 103 Å². The number of Topliss-reactive ketones (excluding diaryl/α,β-unsaturated/α-hetero) is 1. The van der Waals surface area contributed by atoms with Crippen molar-refractivity contribution in [2.45, 2.75) is 315 Å². The number of amides is 4. The van der Waals surface area contributed by atoms with Gasteiger partial charge in [0, 0.05) is 49.8 Å². The number of carboxylic acid groups (broad SMARTS) is 1. The Morgan fingerprint density at radius 1 is 0.469 bits per heavy atom. The van der Waals surface area contributed by atoms with Crippen molar-refractivity contribution in [2.24, 2.45) is 98.6 Å². The summed E-state index contributed by atoms with van der Waals surface area (Å²) in [5.74, 6) is -2.75. The summed E-state index contributed by atoms with van der Waals surface area (Å²) in [6.07, 6.45) is 16.4. The smallest absolute Gasteiger partial charge is 0.328 e. The van der Waals surface area contributed by atoms with Gasteiger partial charge >= 0.3 is 29.8 Å². The molecule has 0 spiro atoms. The SMILES string of the molecule is COC(=O)[C@@H]1C[C@@H]2CN1C(=O)[C@H](C(C)(C)C)CC(=O)O[C@H]1[C@H](CCC/C=C/c3nc4ccc(OC)cc4nc3O2)C[C@H]2C[C@H]21.COc1ccc2nc3c(nc2c1)O[C@@H]1C[C@@H](C(=O)C[C@]2(C(=O)NS(=O)(=O)C4CC4)C[C@H]2C(F)F)N(C1)C(=O)[C@H](C(C)(C)C)CC(=O)O[C@H]1[C@H](CCCCC3)C[C@H]2C[C@H]21.COc1ccc2nc3c(nc2c1)O[C@@H]1C[C@@H](C(=O)O)N(C1)C(=O)[C@H](C(C)(C)C)CC(=O)O[C@H]1[C@H](CCCCC3)C[C@H]2C[C@H]21. The molecule has 145 heavy (non-hydrogen) atoms. The highest BCUT2D eigenvalue weighted by Gasteiger charge is 2.67. The van der Waals surface area contributed by atoms with E-state index in [-0.39, 0.29) is 118 Å². The summed E-state index contributed by atoms with van der Waals surface area (Å²) < 4.78 is 115. The Kier molecular flexibility index (Phi) is 30.0. The van der Waals surface area contributed by atoms with Gasteiger partial charge in [0.05, 0.1) is 135 Å². The van der Waals surface area contributed by atoms with Gasteiger partial charge in [-0.2, -0.15) is 0 Å². The van der Waals surface area contributed by atoms with Gasteiger partial charge in [-0.1, -0.05) is 94.1 Å². The molecule has 6 aliphatic heterocycles. The Hall–Kier alpha value is -11.1. The number of esters is 4. The molecule has 4 amide bonds. The van der Waals surface area contributed by atoms with Gasteiger partial charge in [0.1, 0.15) is 83.0 Å². The molecule has 9 heterocycles. The zero-order valence-electron chi connectivity index (χ0n) is 85.5. The van der Waals surface area contributed by atoms with E-state index in [4.69, 9.17) is 77.3 Å². The number of aryl methyl sites for hydroxylation is 2. The van der Waals surface area contributed by atoms with Crippen molar-refractivity contribution in [2.75, 3.05) is 48.1 Å². The minimum Gasteiger partial charge on any atom is -0.497 e. The first-order valence-corrected chi connectivity index (χ1v) is 54.0. The highest BCUT2D eigenvalue weighted by molar-refractivity contribution is 7.91. The number of alkyl halides is 2. The maximum atomic E-state index is 14.8. The van der Waals surface area contributed by atoms with E-state index in [0.717, 1.165) is 120 Å². The second-order valence-corrected chi connectivity index (χ2v) is 48.5. The molecule has 8 saturated carbocycles. The number of methoxy groups -OCH3 is 4. The molecule has 23 atom stereocenters. The molecule has 36 heteroatoms. The molecule has 3 aromatic heterocycles. The fourth-order valence-corrected chi connectivity index (χ4v) is 26.0. The molecular formula is C109H140F2N10O23S. The molecule has 6 bridgehead atoms. The molecular weight excluding hydrogens is 1890 g/mol. The average Bonchev–Trinajstić information content (AvgIpc) is 1.56. The van der Waals surface area contributed by atoms with E-state index in [1.54, 1.807) is 45.6 Å². The molecule has 14 aliphatic rings. The number of hydrogen-bond donors (Lipinski definition) is 2. The highest BCUT2D eigenvalue weighted by atomic mass is 32.2. The van der Waals surface area contributed by atoms with Crippen LogP contribution in [0.1, 0.15) is 253 Å². The fourth-order valence-electron chi connectivity index (χ4n) is 24.6. The molecule has 0 radical (unpaired) electrons. The molecule has 3 aromatic carbocycles. The van der Waals surface area contributed by atoms with Gasteiger partial charge in [-0.15, -0.1) is 0 Å². The summed E-state index contributed by atoms with van der Waals surface area (Å²) in [6.45, 7) is 17.2. The predicted octanol–water partition coefficient (Wildman–Crippen LogP) is 15.3. The van der Waals surface area contributed by atoms with Crippen LogP contribution in [0.3, 0.4) is 0 Å². The van der Waals surface area contributed by atoms with Gasteiger partial charge in [-0.05, 0) is 228 Å². The number of carbonyl (C=O) groups excluding carboxylic acids is 9. The third-order valence-corrected chi connectivity index (χ3v) is 35.2. The number of benzene rings is 3. The van der Waals surface area contributed by atoms with E-state index in [9.17, 15) is 70.3 Å². The lowest BCUT2D eigenvalue weighted by atomic mass is 9.77. The predicted molar refractivity (Wildman–Crippen MR) is 526 cm³/mol. The van der Waals surface area contributed by atoms with Crippen LogP contribution in [0.5, 0.6) is 34.9 Å². The third kappa shape index (κ3) is 23.1. The van der Waals surface area contributed by atoms with Gasteiger partial charge < -0.3 is 67.2 Å². The molecule has 20 rings (SSSR count). The summed E-state index contributed by atoms with van der Waals surface area (Å²) in [7, 11) is 1.97. The number of nitrogens with one attached hydrogen (secondary N) is 1. The molecule has 11 fully saturated rings. The van der Waals surface area contributed by atoms with Crippen molar-refractivity contribution < 1.29 is 118 Å². The van der Waals surface area contributed by atoms with Crippen molar-refractivity contribution in [3.8, 4) is 34.9 Å². The topological polar surface area (TPSA) is 416 Å². The minimum absolute atomic E-state index is 0.0380. The molecule has 784 valence electrons. The van der Waals surface area contributed by atoms with Crippen LogP contribution < -0.4 is 33.1 Å². The third-order valence-electron chi connectivity index (χ3n) is 33.4. The average molecular weight is 2030 g/mol. The number of sulfonamides is 1. The maximum Gasteiger partial charge on any atom is 0.328 e. The van der Waals surface area contributed by atoms with Crippen molar-refractivity contribution in [1.29, 1.82) is 0 Å². The van der Waals surface area contributed by atoms with E-state index in [2.05, 4.69) is 6.08 Å². The number of aliphatic carboxylic acids is 1. The number of carbonyl (C=O) groups is 10. The van der Waals surface area contributed by atoms with Crippen LogP contribution in [0.2, 0.25) is 0 Å². The van der Waals surface area contributed by atoms with Crippen molar-refractivity contribution in [3.05, 3.63) is 77.8 Å². The van der Waals surface area contributed by atoms with Crippen LogP contribution in [0.15, 0.2) is 60.7 Å². The zero-order valence-corrected chi connectivity index (χ0v) is 86.3. The second-order valence-electron chi connectivity index (χ2n) is 46.6. The molecule has 0 unspecified atom stereocenters.